The molecule has 0 radical (unpaired) electrons. The number of hydrogen-bond donors (Lipinski definition) is 1. The molecule has 0 aliphatic carbocycles. The molecule has 1 unspecified atom stereocenters. The van der Waals surface area contributed by atoms with E-state index in [0.717, 1.165) is 19.5 Å². The fraction of sp³-hybridized carbons (Fsp3) is 0.562. The van der Waals surface area contributed by atoms with E-state index in [0.29, 0.717) is 29.6 Å². The summed E-state index contributed by atoms with van der Waals surface area (Å²) in [5.41, 5.74) is 0.645. The van der Waals surface area contributed by atoms with Gasteiger partial charge in [-0.15, -0.1) is 0 Å². The molecule has 1 N–H and O–H groups in total. The maximum atomic E-state index is 12.2. The van der Waals surface area contributed by atoms with Crippen molar-refractivity contribution in [1.29, 1.82) is 0 Å². The van der Waals surface area contributed by atoms with E-state index in [9.17, 15) is 4.79 Å². The highest BCUT2D eigenvalue weighted by Gasteiger charge is 2.19. The van der Waals surface area contributed by atoms with E-state index < -0.39 is 0 Å². The van der Waals surface area contributed by atoms with Crippen LogP contribution in [0.5, 0.6) is 11.5 Å². The summed E-state index contributed by atoms with van der Waals surface area (Å²) in [6.07, 6.45) is 2.42. The Kier molecular flexibility index (Phi) is 5.44. The second kappa shape index (κ2) is 7.31. The standard InChI is InChI=1S/C16H24N2O3/c1-12-5-4-8-18(10-12)11-16(19)17-14-9-13(20-2)6-7-15(14)21-3/h6-7,9,12H,4-5,8,10-11H2,1-3H3,(H,17,19). The Balaban J connectivity index is 1.98. The number of nitrogens with one attached hydrogen (secondary N) is 1. The van der Waals surface area contributed by atoms with Gasteiger partial charge in [-0.1, -0.05) is 6.92 Å². The van der Waals surface area contributed by atoms with Crippen molar-refractivity contribution in [3.8, 4) is 11.5 Å². The summed E-state index contributed by atoms with van der Waals surface area (Å²) in [5.74, 6) is 1.97. The number of rotatable bonds is 5. The van der Waals surface area contributed by atoms with E-state index in [1.165, 1.54) is 6.42 Å². The second-order valence-corrected chi connectivity index (χ2v) is 5.60. The van der Waals surface area contributed by atoms with Crippen molar-refractivity contribution in [3.05, 3.63) is 18.2 Å². The number of hydrogen-bond acceptors (Lipinski definition) is 4. The van der Waals surface area contributed by atoms with Crippen LogP contribution in [0.3, 0.4) is 0 Å². The Morgan fingerprint density at radius 3 is 2.86 bits per heavy atom. The van der Waals surface area contributed by atoms with Crippen LogP contribution in [0.4, 0.5) is 5.69 Å². The molecule has 0 bridgehead atoms. The third-order valence-corrected chi connectivity index (χ3v) is 3.79. The van der Waals surface area contributed by atoms with E-state index >= 15 is 0 Å². The van der Waals surface area contributed by atoms with Gasteiger partial charge in [0, 0.05) is 12.6 Å². The van der Waals surface area contributed by atoms with Gasteiger partial charge in [-0.3, -0.25) is 9.69 Å². The molecular formula is C16H24N2O3. The topological polar surface area (TPSA) is 50.8 Å². The van der Waals surface area contributed by atoms with Crippen molar-refractivity contribution in [2.24, 2.45) is 5.92 Å². The number of benzene rings is 1. The van der Waals surface area contributed by atoms with Gasteiger partial charge in [0.15, 0.2) is 0 Å². The number of carbonyl (C=O) groups is 1. The molecule has 1 fully saturated rings. The van der Waals surface area contributed by atoms with Crippen molar-refractivity contribution < 1.29 is 14.3 Å². The maximum absolute atomic E-state index is 12.2. The highest BCUT2D eigenvalue weighted by molar-refractivity contribution is 5.94. The number of methoxy groups -OCH3 is 2. The third kappa shape index (κ3) is 4.36. The van der Waals surface area contributed by atoms with Crippen LogP contribution in [0.15, 0.2) is 18.2 Å². The molecule has 5 nitrogen and oxygen atoms in total. The normalized spacial score (nSPS) is 19.1. The predicted octanol–water partition coefficient (Wildman–Crippen LogP) is 2.37. The number of ether oxygens (including phenoxy) is 2. The molecular weight excluding hydrogens is 268 g/mol. The summed E-state index contributed by atoms with van der Waals surface area (Å²) in [4.78, 5) is 14.4. The van der Waals surface area contributed by atoms with E-state index in [2.05, 4.69) is 17.1 Å². The molecule has 5 heteroatoms. The Morgan fingerprint density at radius 1 is 1.38 bits per heavy atom. The number of anilines is 1. The first kappa shape index (κ1) is 15.6. The molecule has 0 spiro atoms. The van der Waals surface area contributed by atoms with Gasteiger partial charge in [0.2, 0.25) is 5.91 Å². The largest absolute Gasteiger partial charge is 0.497 e. The predicted molar refractivity (Wildman–Crippen MR) is 83.0 cm³/mol. The Bertz CT molecular complexity index is 490. The molecule has 21 heavy (non-hydrogen) atoms. The monoisotopic (exact) mass is 292 g/mol. The van der Waals surface area contributed by atoms with Gasteiger partial charge in [0.1, 0.15) is 11.5 Å². The summed E-state index contributed by atoms with van der Waals surface area (Å²) >= 11 is 0. The van der Waals surface area contributed by atoms with E-state index in [1.54, 1.807) is 32.4 Å². The van der Waals surface area contributed by atoms with Crippen LogP contribution in [0.25, 0.3) is 0 Å². The van der Waals surface area contributed by atoms with Crippen LogP contribution >= 0.6 is 0 Å². The van der Waals surface area contributed by atoms with E-state index in [-0.39, 0.29) is 5.91 Å². The van der Waals surface area contributed by atoms with Crippen molar-refractivity contribution in [1.82, 2.24) is 4.90 Å². The summed E-state index contributed by atoms with van der Waals surface area (Å²) in [6, 6.07) is 5.37. The minimum absolute atomic E-state index is 0.0179. The molecule has 116 valence electrons. The van der Waals surface area contributed by atoms with Crippen LogP contribution in [0, 0.1) is 5.92 Å². The summed E-state index contributed by atoms with van der Waals surface area (Å²) in [5, 5.41) is 2.91. The Hall–Kier alpha value is -1.75. The molecule has 1 atom stereocenters. The summed E-state index contributed by atoms with van der Waals surface area (Å²) in [6.45, 7) is 4.63. The molecule has 0 saturated carbocycles. The molecule has 1 aliphatic heterocycles. The van der Waals surface area contributed by atoms with Gasteiger partial charge < -0.3 is 14.8 Å². The second-order valence-electron chi connectivity index (χ2n) is 5.60. The number of amides is 1. The quantitative estimate of drug-likeness (QED) is 0.905. The molecule has 1 aliphatic rings. The first-order chi connectivity index (χ1) is 10.1. The van der Waals surface area contributed by atoms with E-state index in [1.807, 2.05) is 0 Å². The SMILES string of the molecule is COc1ccc(OC)c(NC(=O)CN2CCCC(C)C2)c1. The van der Waals surface area contributed by atoms with Crippen molar-refractivity contribution >= 4 is 11.6 Å². The van der Waals surface area contributed by atoms with E-state index in [4.69, 9.17) is 9.47 Å². The molecule has 1 heterocycles. The zero-order chi connectivity index (χ0) is 15.2. The number of piperidine rings is 1. The molecule has 1 aromatic carbocycles. The zero-order valence-corrected chi connectivity index (χ0v) is 13.0. The highest BCUT2D eigenvalue weighted by Crippen LogP contribution is 2.28. The fourth-order valence-electron chi connectivity index (χ4n) is 2.73. The van der Waals surface area contributed by atoms with Crippen LogP contribution in [-0.4, -0.2) is 44.7 Å². The first-order valence-electron chi connectivity index (χ1n) is 7.36. The lowest BCUT2D eigenvalue weighted by molar-refractivity contribution is -0.117. The van der Waals surface area contributed by atoms with Gasteiger partial charge in [-0.05, 0) is 37.4 Å². The van der Waals surface area contributed by atoms with Crippen molar-refractivity contribution in [2.75, 3.05) is 39.2 Å². The number of likely N-dealkylation sites (tertiary alicyclic amines) is 1. The molecule has 0 aromatic heterocycles. The minimum Gasteiger partial charge on any atom is -0.497 e. The lowest BCUT2D eigenvalue weighted by atomic mass is 10.0. The summed E-state index contributed by atoms with van der Waals surface area (Å²) < 4.78 is 10.5. The average molecular weight is 292 g/mol. The van der Waals surface area contributed by atoms with Crippen molar-refractivity contribution in [3.63, 3.8) is 0 Å². The Labute approximate surface area is 126 Å². The average Bonchev–Trinajstić information content (AvgIpc) is 2.47. The van der Waals surface area contributed by atoms with Crippen LogP contribution in [-0.2, 0) is 4.79 Å². The summed E-state index contributed by atoms with van der Waals surface area (Å²) in [7, 11) is 3.19. The van der Waals surface area contributed by atoms with Crippen molar-refractivity contribution in [2.45, 2.75) is 19.8 Å². The number of carbonyl (C=O) groups excluding carboxylic acids is 1. The minimum atomic E-state index is -0.0179. The molecule has 1 amide bonds. The fourth-order valence-corrected chi connectivity index (χ4v) is 2.73. The lowest BCUT2D eigenvalue weighted by Crippen LogP contribution is -2.39. The Morgan fingerprint density at radius 2 is 2.19 bits per heavy atom. The molecule has 2 rings (SSSR count). The van der Waals surface area contributed by atoms with Gasteiger partial charge in [0.05, 0.1) is 26.5 Å². The third-order valence-electron chi connectivity index (χ3n) is 3.79. The lowest BCUT2D eigenvalue weighted by Gasteiger charge is -2.30. The number of nitrogens with zero attached hydrogens (tertiary/aromatic N) is 1. The molecule has 1 saturated heterocycles. The smallest absolute Gasteiger partial charge is 0.238 e. The van der Waals surface area contributed by atoms with Gasteiger partial charge >= 0.3 is 0 Å². The maximum Gasteiger partial charge on any atom is 0.238 e. The van der Waals surface area contributed by atoms with Crippen LogP contribution < -0.4 is 14.8 Å². The van der Waals surface area contributed by atoms with Gasteiger partial charge in [0.25, 0.3) is 0 Å². The highest BCUT2D eigenvalue weighted by atomic mass is 16.5. The van der Waals surface area contributed by atoms with Gasteiger partial charge in [-0.25, -0.2) is 0 Å². The van der Waals surface area contributed by atoms with Crippen LogP contribution in [0.2, 0.25) is 0 Å². The van der Waals surface area contributed by atoms with Crippen LogP contribution in [0.1, 0.15) is 19.8 Å². The first-order valence-corrected chi connectivity index (χ1v) is 7.36. The van der Waals surface area contributed by atoms with Gasteiger partial charge in [-0.2, -0.15) is 0 Å². The zero-order valence-electron chi connectivity index (χ0n) is 13.0. The molecule has 1 aromatic rings.